The second-order valence-electron chi connectivity index (χ2n) is 4.79. The van der Waals surface area contributed by atoms with E-state index in [9.17, 15) is 12.8 Å². The molecule has 0 bridgehead atoms. The minimum atomic E-state index is -3.84. The number of nitrogen functional groups attached to an aromatic ring is 1. The standard InChI is InChI=1S/C12H19FN2O3S/c1-7(2)11(6-16)15-19(17,18)12-5-10(14)9(13)4-8(12)3/h4-5,7,11,15-16H,6,14H2,1-3H3. The molecule has 4 N–H and O–H groups in total. The van der Waals surface area contributed by atoms with Gasteiger partial charge in [-0.25, -0.2) is 17.5 Å². The Hall–Kier alpha value is -1.18. The number of aryl methyl sites for hydroxylation is 1. The maximum absolute atomic E-state index is 13.2. The first-order chi connectivity index (χ1) is 8.69. The van der Waals surface area contributed by atoms with Crippen molar-refractivity contribution in [2.75, 3.05) is 12.3 Å². The first kappa shape index (κ1) is 15.9. The van der Waals surface area contributed by atoms with Gasteiger partial charge in [0.1, 0.15) is 5.82 Å². The van der Waals surface area contributed by atoms with Gasteiger partial charge in [0.25, 0.3) is 0 Å². The van der Waals surface area contributed by atoms with Crippen molar-refractivity contribution in [3.8, 4) is 0 Å². The van der Waals surface area contributed by atoms with Gasteiger partial charge in [0.15, 0.2) is 0 Å². The Balaban J connectivity index is 3.17. The van der Waals surface area contributed by atoms with Crippen molar-refractivity contribution in [3.63, 3.8) is 0 Å². The van der Waals surface area contributed by atoms with Crippen molar-refractivity contribution < 1.29 is 17.9 Å². The largest absolute Gasteiger partial charge is 0.396 e. The molecule has 1 aromatic carbocycles. The Morgan fingerprint density at radius 1 is 1.42 bits per heavy atom. The number of rotatable bonds is 5. The molecule has 0 fully saturated rings. The number of aliphatic hydroxyl groups excluding tert-OH is 1. The Kier molecular flexibility index (Phi) is 4.89. The topological polar surface area (TPSA) is 92.4 Å². The Morgan fingerprint density at radius 2 is 2.00 bits per heavy atom. The van der Waals surface area contributed by atoms with Crippen LogP contribution in [-0.4, -0.2) is 26.2 Å². The van der Waals surface area contributed by atoms with Crippen molar-refractivity contribution in [3.05, 3.63) is 23.5 Å². The summed E-state index contributed by atoms with van der Waals surface area (Å²) in [4.78, 5) is -0.0782. The molecule has 0 spiro atoms. The predicted molar refractivity (Wildman–Crippen MR) is 71.6 cm³/mol. The quantitative estimate of drug-likeness (QED) is 0.706. The first-order valence-corrected chi connectivity index (χ1v) is 7.36. The number of hydrogen-bond donors (Lipinski definition) is 3. The lowest BCUT2D eigenvalue weighted by Crippen LogP contribution is -2.41. The number of halogens is 1. The summed E-state index contributed by atoms with van der Waals surface area (Å²) >= 11 is 0. The van der Waals surface area contributed by atoms with Gasteiger partial charge in [0.05, 0.1) is 17.2 Å². The molecule has 0 amide bonds. The molecule has 108 valence electrons. The van der Waals surface area contributed by atoms with Gasteiger partial charge < -0.3 is 10.8 Å². The van der Waals surface area contributed by atoms with Crippen molar-refractivity contribution in [2.24, 2.45) is 5.92 Å². The highest BCUT2D eigenvalue weighted by Crippen LogP contribution is 2.22. The van der Waals surface area contributed by atoms with Crippen LogP contribution < -0.4 is 10.5 Å². The third kappa shape index (κ3) is 3.65. The van der Waals surface area contributed by atoms with Gasteiger partial charge in [-0.3, -0.25) is 0 Å². The summed E-state index contributed by atoms with van der Waals surface area (Å²) in [6, 6.07) is 1.56. The minimum absolute atomic E-state index is 0.0714. The van der Waals surface area contributed by atoms with Crippen molar-refractivity contribution in [2.45, 2.75) is 31.7 Å². The zero-order chi connectivity index (χ0) is 14.8. The molecular formula is C12H19FN2O3S. The van der Waals surface area contributed by atoms with Gasteiger partial charge in [-0.05, 0) is 30.5 Å². The number of nitrogens with two attached hydrogens (primary N) is 1. The number of nitrogens with one attached hydrogen (secondary N) is 1. The van der Waals surface area contributed by atoms with E-state index in [4.69, 9.17) is 10.8 Å². The highest BCUT2D eigenvalue weighted by Gasteiger charge is 2.24. The van der Waals surface area contributed by atoms with Crippen LogP contribution in [0, 0.1) is 18.7 Å². The molecule has 5 nitrogen and oxygen atoms in total. The average molecular weight is 290 g/mol. The van der Waals surface area contributed by atoms with Gasteiger partial charge in [0.2, 0.25) is 10.0 Å². The molecule has 0 radical (unpaired) electrons. The molecule has 0 aromatic heterocycles. The van der Waals surface area contributed by atoms with Crippen LogP contribution in [0.4, 0.5) is 10.1 Å². The molecule has 19 heavy (non-hydrogen) atoms. The number of sulfonamides is 1. The fourth-order valence-electron chi connectivity index (χ4n) is 1.61. The van der Waals surface area contributed by atoms with Crippen LogP contribution in [0.3, 0.4) is 0 Å². The number of aliphatic hydroxyl groups is 1. The monoisotopic (exact) mass is 290 g/mol. The average Bonchev–Trinajstić information content (AvgIpc) is 2.30. The summed E-state index contributed by atoms with van der Waals surface area (Å²) in [6.45, 7) is 4.75. The molecule has 7 heteroatoms. The van der Waals surface area contributed by atoms with E-state index in [0.29, 0.717) is 0 Å². The zero-order valence-corrected chi connectivity index (χ0v) is 12.0. The van der Waals surface area contributed by atoms with Crippen LogP contribution in [0.5, 0.6) is 0 Å². The summed E-state index contributed by atoms with van der Waals surface area (Å²) < 4.78 is 40.0. The Labute approximate surface area is 112 Å². The molecule has 0 aliphatic carbocycles. The second-order valence-corrected chi connectivity index (χ2v) is 6.48. The fourth-order valence-corrected chi connectivity index (χ4v) is 3.24. The predicted octanol–water partition coefficient (Wildman–Crippen LogP) is 1.01. The SMILES string of the molecule is Cc1cc(F)c(N)cc1S(=O)(=O)NC(CO)C(C)C. The normalized spacial score (nSPS) is 13.8. The lowest BCUT2D eigenvalue weighted by Gasteiger charge is -2.20. The van der Waals surface area contributed by atoms with Gasteiger partial charge in [-0.15, -0.1) is 0 Å². The third-order valence-electron chi connectivity index (χ3n) is 2.89. The highest BCUT2D eigenvalue weighted by atomic mass is 32.2. The number of anilines is 1. The minimum Gasteiger partial charge on any atom is -0.396 e. The molecule has 1 unspecified atom stereocenters. The molecule has 0 aliphatic heterocycles. The molecule has 1 atom stereocenters. The maximum Gasteiger partial charge on any atom is 0.241 e. The Morgan fingerprint density at radius 3 is 2.47 bits per heavy atom. The van der Waals surface area contributed by atoms with E-state index in [0.717, 1.165) is 12.1 Å². The highest BCUT2D eigenvalue weighted by molar-refractivity contribution is 7.89. The van der Waals surface area contributed by atoms with Crippen molar-refractivity contribution >= 4 is 15.7 Å². The van der Waals surface area contributed by atoms with Crippen LogP contribution in [0.25, 0.3) is 0 Å². The molecular weight excluding hydrogens is 271 g/mol. The maximum atomic E-state index is 13.2. The van der Waals surface area contributed by atoms with Crippen LogP contribution in [-0.2, 0) is 10.0 Å². The van der Waals surface area contributed by atoms with Crippen LogP contribution in [0.2, 0.25) is 0 Å². The summed E-state index contributed by atoms with van der Waals surface area (Å²) in [5.74, 6) is -0.725. The Bertz CT molecular complexity index is 558. The lowest BCUT2D eigenvalue weighted by molar-refractivity contribution is 0.227. The summed E-state index contributed by atoms with van der Waals surface area (Å²) in [7, 11) is -3.84. The van der Waals surface area contributed by atoms with E-state index < -0.39 is 21.9 Å². The summed E-state index contributed by atoms with van der Waals surface area (Å²) in [5.41, 5.74) is 5.43. The number of benzene rings is 1. The van der Waals surface area contributed by atoms with E-state index in [2.05, 4.69) is 4.72 Å². The van der Waals surface area contributed by atoms with Crippen LogP contribution >= 0.6 is 0 Å². The first-order valence-electron chi connectivity index (χ1n) is 5.88. The van der Waals surface area contributed by atoms with E-state index in [-0.39, 0.29) is 28.7 Å². The van der Waals surface area contributed by atoms with Gasteiger partial charge in [-0.2, -0.15) is 0 Å². The van der Waals surface area contributed by atoms with Crippen molar-refractivity contribution in [1.29, 1.82) is 0 Å². The molecule has 1 rings (SSSR count). The molecule has 1 aromatic rings. The smallest absolute Gasteiger partial charge is 0.241 e. The van der Waals surface area contributed by atoms with Gasteiger partial charge in [0, 0.05) is 6.04 Å². The summed E-state index contributed by atoms with van der Waals surface area (Å²) in [5, 5.41) is 9.16. The second kappa shape index (κ2) is 5.85. The van der Waals surface area contributed by atoms with Gasteiger partial charge >= 0.3 is 0 Å². The van der Waals surface area contributed by atoms with Crippen LogP contribution in [0.1, 0.15) is 19.4 Å². The molecule has 0 aliphatic rings. The molecule has 0 saturated carbocycles. The zero-order valence-electron chi connectivity index (χ0n) is 11.1. The van der Waals surface area contributed by atoms with Crippen LogP contribution in [0.15, 0.2) is 17.0 Å². The van der Waals surface area contributed by atoms with E-state index >= 15 is 0 Å². The van der Waals surface area contributed by atoms with E-state index in [1.807, 2.05) is 0 Å². The third-order valence-corrected chi connectivity index (χ3v) is 4.52. The lowest BCUT2D eigenvalue weighted by atomic mass is 10.1. The number of hydrogen-bond acceptors (Lipinski definition) is 4. The summed E-state index contributed by atoms with van der Waals surface area (Å²) in [6.07, 6.45) is 0. The van der Waals surface area contributed by atoms with Gasteiger partial charge in [-0.1, -0.05) is 13.8 Å². The fraction of sp³-hybridized carbons (Fsp3) is 0.500. The molecule has 0 heterocycles. The van der Waals surface area contributed by atoms with E-state index in [1.54, 1.807) is 13.8 Å². The van der Waals surface area contributed by atoms with Crippen molar-refractivity contribution in [1.82, 2.24) is 4.72 Å². The molecule has 0 saturated heterocycles. The van der Waals surface area contributed by atoms with E-state index in [1.165, 1.54) is 6.92 Å².